The zero-order valence-corrected chi connectivity index (χ0v) is 14.1. The van der Waals surface area contributed by atoms with Crippen LogP contribution in [-0.4, -0.2) is 46.5 Å². The highest BCUT2D eigenvalue weighted by atomic mass is 31.2. The molecule has 25 heavy (non-hydrogen) atoms. The van der Waals surface area contributed by atoms with E-state index < -0.39 is 43.6 Å². The fourth-order valence-corrected chi connectivity index (χ4v) is 3.27. The van der Waals surface area contributed by atoms with Crippen LogP contribution in [0.5, 0.6) is 0 Å². The molecule has 1 aromatic rings. The van der Waals surface area contributed by atoms with Gasteiger partial charge in [-0.05, 0) is 6.90 Å². The molecular formula is C13H18N3O8P. The number of ether oxygens (including phenoxy) is 2. The first-order valence-electron chi connectivity index (χ1n) is 7.85. The van der Waals surface area contributed by atoms with Gasteiger partial charge in [-0.25, -0.2) is 9.36 Å². The lowest BCUT2D eigenvalue weighted by Gasteiger charge is -2.24. The monoisotopic (exact) mass is 376 g/mol. The molecule has 2 unspecified atom stereocenters. The maximum atomic E-state index is 12.0. The molecule has 0 radical (unpaired) electrons. The van der Waals surface area contributed by atoms with Gasteiger partial charge in [-0.1, -0.05) is 0 Å². The SMILES string of the molecule is [2H]C[C@H]1O[C@@H](n2ccc(=O)[nH]c2=O)[C@@H](OC)C1OP(=O)(O)OCCC#N. The highest BCUT2D eigenvalue weighted by Gasteiger charge is 2.48. The first-order chi connectivity index (χ1) is 12.3. The third-order valence-corrected chi connectivity index (χ3v) is 4.42. The van der Waals surface area contributed by atoms with Gasteiger partial charge in [0.25, 0.3) is 5.56 Å². The van der Waals surface area contributed by atoms with Crippen LogP contribution >= 0.6 is 7.82 Å². The van der Waals surface area contributed by atoms with Gasteiger partial charge in [-0.3, -0.25) is 23.4 Å². The number of phosphoric ester groups is 1. The molecule has 138 valence electrons. The van der Waals surface area contributed by atoms with Crippen molar-refractivity contribution in [2.75, 3.05) is 13.7 Å². The van der Waals surface area contributed by atoms with Gasteiger partial charge in [0, 0.05) is 20.7 Å². The van der Waals surface area contributed by atoms with Crippen LogP contribution in [0.3, 0.4) is 0 Å². The Kier molecular flexibility index (Phi) is 5.80. The third-order valence-electron chi connectivity index (χ3n) is 3.41. The Morgan fingerprint density at radius 3 is 2.92 bits per heavy atom. The van der Waals surface area contributed by atoms with Crippen LogP contribution in [0.4, 0.5) is 0 Å². The second kappa shape index (κ2) is 8.05. The molecule has 2 rings (SSSR count). The topological polar surface area (TPSA) is 153 Å². The number of aromatic nitrogens is 2. The van der Waals surface area contributed by atoms with Gasteiger partial charge >= 0.3 is 13.5 Å². The Hall–Kier alpha value is -1.80. The molecule has 0 amide bonds. The third kappa shape index (κ3) is 4.64. The van der Waals surface area contributed by atoms with Crippen molar-refractivity contribution in [3.8, 4) is 6.07 Å². The number of hydrogen-bond donors (Lipinski definition) is 2. The lowest BCUT2D eigenvalue weighted by molar-refractivity contribution is -0.0516. The first-order valence-corrected chi connectivity index (χ1v) is 8.64. The Balaban J connectivity index is 2.26. The molecule has 2 N–H and O–H groups in total. The van der Waals surface area contributed by atoms with Gasteiger partial charge in [-0.2, -0.15) is 5.26 Å². The van der Waals surface area contributed by atoms with E-state index in [1.807, 2.05) is 0 Å². The van der Waals surface area contributed by atoms with E-state index in [1.54, 1.807) is 6.07 Å². The van der Waals surface area contributed by atoms with Crippen LogP contribution in [0.1, 0.15) is 20.9 Å². The summed E-state index contributed by atoms with van der Waals surface area (Å²) in [4.78, 5) is 35.0. The number of aromatic amines is 1. The van der Waals surface area contributed by atoms with Crippen LogP contribution in [0.15, 0.2) is 21.9 Å². The molecule has 5 atom stereocenters. The fraction of sp³-hybridized carbons (Fsp3) is 0.615. The second-order valence-corrected chi connectivity index (χ2v) is 6.47. The first kappa shape index (κ1) is 18.0. The summed E-state index contributed by atoms with van der Waals surface area (Å²) in [6, 6.07) is 2.85. The summed E-state index contributed by atoms with van der Waals surface area (Å²) >= 11 is 0. The van der Waals surface area contributed by atoms with E-state index in [-0.39, 0.29) is 19.9 Å². The van der Waals surface area contributed by atoms with E-state index in [2.05, 4.69) is 9.51 Å². The minimum Gasteiger partial charge on any atom is -0.374 e. The minimum absolute atomic E-state index is 0.111. The fourth-order valence-electron chi connectivity index (χ4n) is 2.33. The summed E-state index contributed by atoms with van der Waals surface area (Å²) in [6.07, 6.45) is -3.25. The highest BCUT2D eigenvalue weighted by molar-refractivity contribution is 7.47. The number of hydrogen-bond acceptors (Lipinski definition) is 8. The normalized spacial score (nSPS) is 28.9. The van der Waals surface area contributed by atoms with E-state index in [9.17, 15) is 19.0 Å². The van der Waals surface area contributed by atoms with Gasteiger partial charge in [0.1, 0.15) is 12.2 Å². The van der Waals surface area contributed by atoms with Crippen molar-refractivity contribution in [3.63, 3.8) is 0 Å². The summed E-state index contributed by atoms with van der Waals surface area (Å²) in [7, 11) is -3.27. The molecule has 0 spiro atoms. The number of nitrogens with zero attached hydrogens (tertiary/aromatic N) is 2. The van der Waals surface area contributed by atoms with Gasteiger partial charge in [0.15, 0.2) is 6.23 Å². The molecule has 1 aromatic heterocycles. The smallest absolute Gasteiger partial charge is 0.374 e. The van der Waals surface area contributed by atoms with Crippen LogP contribution in [0, 0.1) is 11.3 Å². The molecule has 0 aromatic carbocycles. The van der Waals surface area contributed by atoms with E-state index in [0.717, 1.165) is 10.6 Å². The van der Waals surface area contributed by atoms with Crippen molar-refractivity contribution in [2.45, 2.75) is 37.9 Å². The molecule has 2 heterocycles. The molecule has 1 fully saturated rings. The van der Waals surface area contributed by atoms with Crippen LogP contribution in [0.2, 0.25) is 0 Å². The Morgan fingerprint density at radius 2 is 2.32 bits per heavy atom. The second-order valence-electron chi connectivity index (χ2n) is 5.06. The molecule has 12 heteroatoms. The van der Waals surface area contributed by atoms with Crippen molar-refractivity contribution in [3.05, 3.63) is 33.1 Å². The van der Waals surface area contributed by atoms with Crippen LogP contribution in [0.25, 0.3) is 0 Å². The van der Waals surface area contributed by atoms with Gasteiger partial charge in [0.2, 0.25) is 0 Å². The van der Waals surface area contributed by atoms with Crippen molar-refractivity contribution in [2.24, 2.45) is 0 Å². The largest absolute Gasteiger partial charge is 0.472 e. The van der Waals surface area contributed by atoms with Gasteiger partial charge in [-0.15, -0.1) is 0 Å². The summed E-state index contributed by atoms with van der Waals surface area (Å²) in [5.41, 5.74) is -1.37. The predicted octanol–water partition coefficient (Wildman–Crippen LogP) is -0.115. The summed E-state index contributed by atoms with van der Waals surface area (Å²) < 4.78 is 41.2. The van der Waals surface area contributed by atoms with Gasteiger partial charge < -0.3 is 14.4 Å². The molecule has 0 aliphatic carbocycles. The number of rotatable bonds is 7. The Bertz CT molecular complexity index is 821. The average Bonchev–Trinajstić information content (AvgIpc) is 2.91. The Labute approximate surface area is 143 Å². The van der Waals surface area contributed by atoms with Crippen molar-refractivity contribution >= 4 is 7.82 Å². The summed E-state index contributed by atoms with van der Waals surface area (Å²) in [5, 5.41) is 8.45. The molecule has 1 aliphatic heterocycles. The standard InChI is InChI=1S/C13H18N3O8P/c1-8-10(24-25(19,20)22-7-3-5-14)11(21-2)12(23-8)16-6-4-9(17)15-13(16)18/h4,6,8,10-12H,3,7H2,1-2H3,(H,19,20)(H,15,17,18)/t8-,10?,11+,12-/m1/s1/i1D. The highest BCUT2D eigenvalue weighted by Crippen LogP contribution is 2.48. The lowest BCUT2D eigenvalue weighted by Crippen LogP contribution is -2.39. The number of methoxy groups -OCH3 is 1. The average molecular weight is 376 g/mol. The van der Waals surface area contributed by atoms with Crippen molar-refractivity contribution in [1.29, 1.82) is 5.26 Å². The molecule has 1 aliphatic rings. The minimum atomic E-state index is -4.55. The number of H-pyrrole nitrogens is 1. The predicted molar refractivity (Wildman–Crippen MR) is 82.6 cm³/mol. The van der Waals surface area contributed by atoms with Crippen LogP contribution in [-0.2, 0) is 23.1 Å². The zero-order chi connectivity index (χ0) is 19.3. The maximum Gasteiger partial charge on any atom is 0.472 e. The maximum absolute atomic E-state index is 12.0. The van der Waals surface area contributed by atoms with Crippen molar-refractivity contribution < 1.29 is 29.4 Å². The molecule has 0 saturated carbocycles. The van der Waals surface area contributed by atoms with Crippen LogP contribution < -0.4 is 11.2 Å². The quantitative estimate of drug-likeness (QED) is 0.490. The lowest BCUT2D eigenvalue weighted by atomic mass is 10.1. The number of nitrogens with one attached hydrogen (secondary N) is 1. The van der Waals surface area contributed by atoms with E-state index in [0.29, 0.717) is 0 Å². The summed E-state index contributed by atoms with van der Waals surface area (Å²) in [6.45, 7) is -0.665. The number of phosphoric acid groups is 1. The Morgan fingerprint density at radius 1 is 1.56 bits per heavy atom. The van der Waals surface area contributed by atoms with E-state index in [4.69, 9.17) is 20.6 Å². The molecule has 11 nitrogen and oxygen atoms in total. The molecule has 1 saturated heterocycles. The number of nitriles is 1. The molecule has 0 bridgehead atoms. The molecular weight excluding hydrogens is 357 g/mol. The van der Waals surface area contributed by atoms with E-state index >= 15 is 0 Å². The zero-order valence-electron chi connectivity index (χ0n) is 14.2. The summed E-state index contributed by atoms with van der Waals surface area (Å²) in [5.74, 6) is 0. The van der Waals surface area contributed by atoms with Gasteiger partial charge in [0.05, 0.1) is 25.2 Å². The van der Waals surface area contributed by atoms with Crippen molar-refractivity contribution in [1.82, 2.24) is 9.55 Å². The van der Waals surface area contributed by atoms with E-state index in [1.165, 1.54) is 13.3 Å².